The number of alkyl halides is 3. The van der Waals surface area contributed by atoms with Crippen molar-refractivity contribution in [2.75, 3.05) is 16.0 Å². The zero-order valence-corrected chi connectivity index (χ0v) is 18.7. The summed E-state index contributed by atoms with van der Waals surface area (Å²) in [6.45, 7) is 1.72. The van der Waals surface area contributed by atoms with Crippen LogP contribution in [0, 0.1) is 6.92 Å². The molecule has 180 valence electrons. The minimum absolute atomic E-state index is 0.00349. The van der Waals surface area contributed by atoms with E-state index in [2.05, 4.69) is 25.9 Å². The number of nitrogens with zero attached hydrogens (tertiary/aromatic N) is 2. The van der Waals surface area contributed by atoms with Crippen LogP contribution in [0.2, 0.25) is 0 Å². The number of aryl methyl sites for hydroxylation is 1. The molecule has 0 unspecified atom stereocenters. The number of rotatable bonds is 5. The lowest BCUT2D eigenvalue weighted by Gasteiger charge is -2.11. The van der Waals surface area contributed by atoms with Crippen molar-refractivity contribution in [3.63, 3.8) is 0 Å². The van der Waals surface area contributed by atoms with Crippen LogP contribution < -0.4 is 21.4 Å². The van der Waals surface area contributed by atoms with Crippen LogP contribution in [0.5, 0.6) is 0 Å². The summed E-state index contributed by atoms with van der Waals surface area (Å²) in [7, 11) is 0. The number of thiophene rings is 1. The van der Waals surface area contributed by atoms with E-state index in [1.54, 1.807) is 36.7 Å². The second kappa shape index (κ2) is 9.56. The molecule has 2 aromatic carbocycles. The van der Waals surface area contributed by atoms with Gasteiger partial charge in [-0.25, -0.2) is 20.2 Å². The van der Waals surface area contributed by atoms with Crippen molar-refractivity contribution in [2.24, 2.45) is 0 Å². The predicted molar refractivity (Wildman–Crippen MR) is 125 cm³/mol. The third-order valence-corrected chi connectivity index (χ3v) is 6.09. The van der Waals surface area contributed by atoms with Crippen LogP contribution in [0.25, 0.3) is 10.2 Å². The van der Waals surface area contributed by atoms with Gasteiger partial charge in [0.2, 0.25) is 0 Å². The van der Waals surface area contributed by atoms with Crippen LogP contribution >= 0.6 is 11.3 Å². The van der Waals surface area contributed by atoms with Gasteiger partial charge in [0.05, 0.1) is 15.8 Å². The maximum atomic E-state index is 12.8. The van der Waals surface area contributed by atoms with Gasteiger partial charge in [-0.15, -0.1) is 11.3 Å². The molecule has 4 rings (SSSR count). The fraction of sp³-hybridized carbons (Fsp3) is 0.0909. The molecule has 35 heavy (non-hydrogen) atoms. The molecule has 9 nitrogen and oxygen atoms in total. The molecule has 0 atom stereocenters. The third-order valence-electron chi connectivity index (χ3n) is 4.89. The summed E-state index contributed by atoms with van der Waals surface area (Å²) in [5, 5.41) is 17.6. The second-order valence-electron chi connectivity index (χ2n) is 7.26. The maximum Gasteiger partial charge on any atom is 0.416 e. The molecule has 0 aliphatic rings. The standard InChI is InChI=1S/C22H17F3N6O3S/c1-11-16-18(26-10-27-20(16)35-17(11)19(32)31-34)28-13-5-7-14(8-6-13)29-21(33)30-15-4-2-3-12(9-15)22(23,24)25/h2-10,34H,1H3,(H,31,32)(H,26,27,28)(H2,29,30,33). The highest BCUT2D eigenvalue weighted by Gasteiger charge is 2.30. The molecule has 0 bridgehead atoms. The number of fused-ring (bicyclic) bond motifs is 1. The largest absolute Gasteiger partial charge is 0.416 e. The van der Waals surface area contributed by atoms with E-state index < -0.39 is 23.7 Å². The number of anilines is 4. The van der Waals surface area contributed by atoms with Crippen molar-refractivity contribution in [2.45, 2.75) is 13.1 Å². The van der Waals surface area contributed by atoms with Gasteiger partial charge in [-0.1, -0.05) is 6.07 Å². The highest BCUT2D eigenvalue weighted by molar-refractivity contribution is 7.20. The SMILES string of the molecule is Cc1c(C(=O)NO)sc2ncnc(Nc3ccc(NC(=O)Nc4cccc(C(F)(F)F)c4)cc3)c12. The van der Waals surface area contributed by atoms with E-state index in [1.165, 1.54) is 18.5 Å². The summed E-state index contributed by atoms with van der Waals surface area (Å²) in [5.74, 6) is -0.195. The second-order valence-corrected chi connectivity index (χ2v) is 8.26. The van der Waals surface area contributed by atoms with Crippen LogP contribution in [0.1, 0.15) is 20.8 Å². The fourth-order valence-electron chi connectivity index (χ4n) is 3.27. The Kier molecular flexibility index (Phi) is 6.53. The molecule has 0 aliphatic carbocycles. The minimum atomic E-state index is -4.51. The van der Waals surface area contributed by atoms with E-state index in [-0.39, 0.29) is 5.69 Å². The molecule has 0 saturated carbocycles. The van der Waals surface area contributed by atoms with Gasteiger partial charge in [-0.2, -0.15) is 13.2 Å². The number of hydrogen-bond donors (Lipinski definition) is 5. The van der Waals surface area contributed by atoms with E-state index in [4.69, 9.17) is 5.21 Å². The quantitative estimate of drug-likeness (QED) is 0.180. The Morgan fingerprint density at radius 2 is 1.66 bits per heavy atom. The summed E-state index contributed by atoms with van der Waals surface area (Å²) in [4.78, 5) is 33.3. The summed E-state index contributed by atoms with van der Waals surface area (Å²) in [6, 6.07) is 10.1. The van der Waals surface area contributed by atoms with Crippen LogP contribution in [-0.4, -0.2) is 27.1 Å². The zero-order chi connectivity index (χ0) is 25.2. The molecule has 0 radical (unpaired) electrons. The lowest BCUT2D eigenvalue weighted by molar-refractivity contribution is -0.137. The van der Waals surface area contributed by atoms with Crippen LogP contribution in [0.3, 0.4) is 0 Å². The van der Waals surface area contributed by atoms with Crippen molar-refractivity contribution in [3.8, 4) is 0 Å². The Morgan fingerprint density at radius 3 is 2.34 bits per heavy atom. The number of hydroxylamine groups is 1. The number of amides is 3. The number of aromatic nitrogens is 2. The Balaban J connectivity index is 1.45. The minimum Gasteiger partial charge on any atom is -0.340 e. The van der Waals surface area contributed by atoms with Gasteiger partial charge >= 0.3 is 12.2 Å². The van der Waals surface area contributed by atoms with Gasteiger partial charge in [0.25, 0.3) is 5.91 Å². The number of nitrogens with one attached hydrogen (secondary N) is 4. The molecule has 4 aromatic rings. The van der Waals surface area contributed by atoms with Crippen molar-refractivity contribution in [3.05, 3.63) is 70.9 Å². The molecular formula is C22H17F3N6O3S. The van der Waals surface area contributed by atoms with Gasteiger partial charge in [0, 0.05) is 17.1 Å². The van der Waals surface area contributed by atoms with Gasteiger partial charge in [0.15, 0.2) is 0 Å². The normalized spacial score (nSPS) is 11.2. The monoisotopic (exact) mass is 502 g/mol. The number of halogens is 3. The average Bonchev–Trinajstić information content (AvgIpc) is 3.17. The molecule has 2 heterocycles. The summed E-state index contributed by atoms with van der Waals surface area (Å²) < 4.78 is 38.5. The Bertz CT molecular complexity index is 1410. The fourth-order valence-corrected chi connectivity index (χ4v) is 4.31. The molecular weight excluding hydrogens is 485 g/mol. The van der Waals surface area contributed by atoms with Crippen LogP contribution in [0.4, 0.5) is 40.8 Å². The smallest absolute Gasteiger partial charge is 0.340 e. The van der Waals surface area contributed by atoms with Gasteiger partial charge in [0.1, 0.15) is 17.0 Å². The highest BCUT2D eigenvalue weighted by atomic mass is 32.1. The van der Waals surface area contributed by atoms with Gasteiger partial charge in [-0.05, 0) is 55.0 Å². The van der Waals surface area contributed by atoms with Crippen molar-refractivity contribution in [1.82, 2.24) is 15.4 Å². The Morgan fingerprint density at radius 1 is 0.971 bits per heavy atom. The number of carbonyl (C=O) groups excluding carboxylic acids is 2. The van der Waals surface area contributed by atoms with Crippen LogP contribution in [-0.2, 0) is 6.18 Å². The van der Waals surface area contributed by atoms with E-state index >= 15 is 0 Å². The number of urea groups is 1. The lowest BCUT2D eigenvalue weighted by Crippen LogP contribution is -2.19. The summed E-state index contributed by atoms with van der Waals surface area (Å²) in [5.41, 5.74) is 2.37. The maximum absolute atomic E-state index is 12.8. The van der Waals surface area contributed by atoms with E-state index in [0.29, 0.717) is 37.8 Å². The molecule has 0 saturated heterocycles. The van der Waals surface area contributed by atoms with E-state index in [9.17, 15) is 22.8 Å². The number of hydrogen-bond acceptors (Lipinski definition) is 7. The molecule has 2 aromatic heterocycles. The first-order chi connectivity index (χ1) is 16.7. The Labute approximate surface area is 200 Å². The molecule has 3 amide bonds. The first kappa shape index (κ1) is 23.9. The molecule has 13 heteroatoms. The predicted octanol–water partition coefficient (Wildman–Crippen LogP) is 5.53. The van der Waals surface area contributed by atoms with Crippen molar-refractivity contribution >= 4 is 56.4 Å². The lowest BCUT2D eigenvalue weighted by atomic mass is 10.2. The zero-order valence-electron chi connectivity index (χ0n) is 17.9. The van der Waals surface area contributed by atoms with E-state index in [0.717, 1.165) is 23.5 Å². The third kappa shape index (κ3) is 5.31. The van der Waals surface area contributed by atoms with Gasteiger partial charge in [-0.3, -0.25) is 10.0 Å². The first-order valence-corrected chi connectivity index (χ1v) is 10.8. The number of benzene rings is 2. The molecule has 0 aliphatic heterocycles. The Hall–Kier alpha value is -4.23. The van der Waals surface area contributed by atoms with Gasteiger partial charge < -0.3 is 16.0 Å². The topological polar surface area (TPSA) is 128 Å². The molecule has 0 spiro atoms. The van der Waals surface area contributed by atoms with Crippen LogP contribution in [0.15, 0.2) is 54.9 Å². The number of carbonyl (C=O) groups is 2. The molecule has 0 fully saturated rings. The van der Waals surface area contributed by atoms with Crippen molar-refractivity contribution < 1.29 is 28.0 Å². The highest BCUT2D eigenvalue weighted by Crippen LogP contribution is 2.34. The first-order valence-electron chi connectivity index (χ1n) is 9.96. The van der Waals surface area contributed by atoms with Crippen molar-refractivity contribution in [1.29, 1.82) is 0 Å². The molecule has 5 N–H and O–H groups in total. The average molecular weight is 502 g/mol. The van der Waals surface area contributed by atoms with E-state index in [1.807, 2.05) is 0 Å². The summed E-state index contributed by atoms with van der Waals surface area (Å²) >= 11 is 1.11. The summed E-state index contributed by atoms with van der Waals surface area (Å²) in [6.07, 6.45) is -3.17.